The van der Waals surface area contributed by atoms with Gasteiger partial charge in [0.1, 0.15) is 17.4 Å². The van der Waals surface area contributed by atoms with Crippen LogP contribution in [0, 0.1) is 0 Å². The first-order valence-corrected chi connectivity index (χ1v) is 7.86. The zero-order chi connectivity index (χ0) is 14.9. The second-order valence-corrected chi connectivity index (χ2v) is 5.91. The molecular formula is C14H18ClN3O2S. The van der Waals surface area contributed by atoms with Gasteiger partial charge in [0.15, 0.2) is 5.01 Å². The number of hydrogen-bond acceptors (Lipinski definition) is 6. The van der Waals surface area contributed by atoms with Crippen LogP contribution in [0.1, 0.15) is 10.0 Å². The molecule has 0 aliphatic heterocycles. The van der Waals surface area contributed by atoms with Crippen molar-refractivity contribution in [1.29, 1.82) is 0 Å². The van der Waals surface area contributed by atoms with Gasteiger partial charge >= 0.3 is 0 Å². The number of halogens is 1. The van der Waals surface area contributed by atoms with Gasteiger partial charge in [-0.25, -0.2) is 0 Å². The Balaban J connectivity index is 1.71. The number of nitrogens with one attached hydrogen (secondary N) is 1. The van der Waals surface area contributed by atoms with Crippen LogP contribution in [-0.4, -0.2) is 37.0 Å². The molecular weight excluding hydrogens is 310 g/mol. The minimum Gasteiger partial charge on any atom is -0.486 e. The van der Waals surface area contributed by atoms with Gasteiger partial charge in [0.05, 0.1) is 6.61 Å². The summed E-state index contributed by atoms with van der Waals surface area (Å²) in [6.07, 6.45) is 0.863. The molecule has 0 amide bonds. The van der Waals surface area contributed by atoms with Crippen molar-refractivity contribution >= 4 is 22.9 Å². The summed E-state index contributed by atoms with van der Waals surface area (Å²) in [5.41, 5.74) is 0. The van der Waals surface area contributed by atoms with Crippen molar-refractivity contribution < 1.29 is 9.47 Å². The van der Waals surface area contributed by atoms with Gasteiger partial charge in [-0.15, -0.1) is 10.2 Å². The van der Waals surface area contributed by atoms with Crippen molar-refractivity contribution in [2.45, 2.75) is 13.0 Å². The van der Waals surface area contributed by atoms with E-state index in [0.29, 0.717) is 11.6 Å². The molecule has 7 heteroatoms. The summed E-state index contributed by atoms with van der Waals surface area (Å²) in [5, 5.41) is 14.1. The summed E-state index contributed by atoms with van der Waals surface area (Å²) >= 11 is 7.40. The lowest BCUT2D eigenvalue weighted by atomic mass is 10.3. The quantitative estimate of drug-likeness (QED) is 0.717. The fourth-order valence-electron chi connectivity index (χ4n) is 1.62. The Morgan fingerprint density at radius 1 is 1.14 bits per heavy atom. The zero-order valence-corrected chi connectivity index (χ0v) is 13.4. The Morgan fingerprint density at radius 3 is 2.67 bits per heavy atom. The van der Waals surface area contributed by atoms with E-state index in [4.69, 9.17) is 21.1 Å². The molecule has 1 N–H and O–H groups in total. The average molecular weight is 328 g/mol. The molecule has 0 radical (unpaired) electrons. The van der Waals surface area contributed by atoms with Crippen LogP contribution in [0.25, 0.3) is 0 Å². The van der Waals surface area contributed by atoms with Crippen molar-refractivity contribution in [3.63, 3.8) is 0 Å². The monoisotopic (exact) mass is 327 g/mol. The van der Waals surface area contributed by atoms with Crippen molar-refractivity contribution in [2.24, 2.45) is 0 Å². The number of nitrogens with zero attached hydrogens (tertiary/aromatic N) is 2. The molecule has 2 rings (SSSR count). The van der Waals surface area contributed by atoms with Crippen molar-refractivity contribution in [1.82, 2.24) is 15.5 Å². The molecule has 2 aromatic rings. The maximum atomic E-state index is 5.82. The average Bonchev–Trinajstić information content (AvgIpc) is 2.94. The Morgan fingerprint density at radius 2 is 1.90 bits per heavy atom. The van der Waals surface area contributed by atoms with Crippen LogP contribution < -0.4 is 10.1 Å². The van der Waals surface area contributed by atoms with E-state index in [2.05, 4.69) is 15.5 Å². The third-order valence-electron chi connectivity index (χ3n) is 2.68. The molecule has 1 aromatic carbocycles. The van der Waals surface area contributed by atoms with E-state index in [1.807, 2.05) is 12.1 Å². The topological polar surface area (TPSA) is 56.3 Å². The molecule has 1 heterocycles. The summed E-state index contributed by atoms with van der Waals surface area (Å²) in [6, 6.07) is 7.27. The Kier molecular flexibility index (Phi) is 6.88. The lowest BCUT2D eigenvalue weighted by Crippen LogP contribution is -2.21. The summed E-state index contributed by atoms with van der Waals surface area (Å²) < 4.78 is 10.6. The summed E-state index contributed by atoms with van der Waals surface area (Å²) in [6.45, 7) is 2.87. The molecule has 0 saturated heterocycles. The van der Waals surface area contributed by atoms with E-state index in [-0.39, 0.29) is 0 Å². The Hall–Kier alpha value is -1.21. The third kappa shape index (κ3) is 5.97. The molecule has 5 nitrogen and oxygen atoms in total. The molecule has 21 heavy (non-hydrogen) atoms. The molecule has 0 spiro atoms. The van der Waals surface area contributed by atoms with Crippen molar-refractivity contribution in [3.8, 4) is 5.75 Å². The highest BCUT2D eigenvalue weighted by Gasteiger charge is 2.05. The zero-order valence-electron chi connectivity index (χ0n) is 11.8. The van der Waals surface area contributed by atoms with Gasteiger partial charge in [-0.1, -0.05) is 22.9 Å². The van der Waals surface area contributed by atoms with Crippen LogP contribution in [-0.2, 0) is 17.8 Å². The number of aromatic nitrogens is 2. The SMILES string of the molecule is COCCNCCc1nnc(COc2ccc(Cl)cc2)s1. The summed E-state index contributed by atoms with van der Waals surface area (Å²) in [4.78, 5) is 0. The van der Waals surface area contributed by atoms with Crippen LogP contribution in [0.2, 0.25) is 5.02 Å². The molecule has 1 aromatic heterocycles. The Labute approximate surface area is 133 Å². The largest absolute Gasteiger partial charge is 0.486 e. The van der Waals surface area contributed by atoms with Gasteiger partial charge in [-0.05, 0) is 24.3 Å². The number of benzene rings is 1. The van der Waals surface area contributed by atoms with Gasteiger partial charge in [-0.2, -0.15) is 0 Å². The molecule has 0 aliphatic rings. The van der Waals surface area contributed by atoms with Crippen molar-refractivity contribution in [2.75, 3.05) is 26.8 Å². The minimum atomic E-state index is 0.427. The van der Waals surface area contributed by atoms with Gasteiger partial charge < -0.3 is 14.8 Å². The second kappa shape index (κ2) is 8.94. The molecule has 0 saturated carbocycles. The summed E-state index contributed by atoms with van der Waals surface area (Å²) in [5.74, 6) is 0.775. The number of ether oxygens (including phenoxy) is 2. The number of rotatable bonds is 9. The van der Waals surface area contributed by atoms with E-state index in [1.54, 1.807) is 30.6 Å². The first-order chi connectivity index (χ1) is 10.3. The third-order valence-corrected chi connectivity index (χ3v) is 3.89. The predicted molar refractivity (Wildman–Crippen MR) is 84.1 cm³/mol. The second-order valence-electron chi connectivity index (χ2n) is 4.32. The van der Waals surface area contributed by atoms with Crippen LogP contribution in [0.15, 0.2) is 24.3 Å². The van der Waals surface area contributed by atoms with Gasteiger partial charge in [0.25, 0.3) is 0 Å². The van der Waals surface area contributed by atoms with E-state index in [9.17, 15) is 0 Å². The van der Waals surface area contributed by atoms with E-state index < -0.39 is 0 Å². The van der Waals surface area contributed by atoms with E-state index in [1.165, 1.54) is 0 Å². The number of methoxy groups -OCH3 is 1. The van der Waals surface area contributed by atoms with E-state index in [0.717, 1.165) is 41.9 Å². The normalized spacial score (nSPS) is 10.8. The standard InChI is InChI=1S/C14H18ClN3O2S/c1-19-9-8-16-7-6-13-17-18-14(21-13)10-20-12-4-2-11(15)3-5-12/h2-5,16H,6-10H2,1H3. The van der Waals surface area contributed by atoms with Gasteiger partial charge in [0, 0.05) is 31.6 Å². The summed E-state index contributed by atoms with van der Waals surface area (Å²) in [7, 11) is 1.69. The Bertz CT molecular complexity index is 533. The molecule has 0 atom stereocenters. The molecule has 0 aliphatic carbocycles. The minimum absolute atomic E-state index is 0.427. The first kappa shape index (κ1) is 16.2. The van der Waals surface area contributed by atoms with Gasteiger partial charge in [-0.3, -0.25) is 0 Å². The van der Waals surface area contributed by atoms with E-state index >= 15 is 0 Å². The van der Waals surface area contributed by atoms with Crippen LogP contribution >= 0.6 is 22.9 Å². The van der Waals surface area contributed by atoms with Crippen LogP contribution in [0.5, 0.6) is 5.75 Å². The van der Waals surface area contributed by atoms with Gasteiger partial charge in [0.2, 0.25) is 0 Å². The maximum Gasteiger partial charge on any atom is 0.155 e. The first-order valence-electron chi connectivity index (χ1n) is 6.67. The lowest BCUT2D eigenvalue weighted by molar-refractivity contribution is 0.199. The number of hydrogen-bond donors (Lipinski definition) is 1. The maximum absolute atomic E-state index is 5.82. The highest BCUT2D eigenvalue weighted by molar-refractivity contribution is 7.11. The van der Waals surface area contributed by atoms with Crippen LogP contribution in [0.4, 0.5) is 0 Å². The highest BCUT2D eigenvalue weighted by Crippen LogP contribution is 2.18. The molecule has 0 unspecified atom stereocenters. The predicted octanol–water partition coefficient (Wildman–Crippen LogP) is 2.55. The van der Waals surface area contributed by atoms with Crippen molar-refractivity contribution in [3.05, 3.63) is 39.3 Å². The van der Waals surface area contributed by atoms with Crippen LogP contribution in [0.3, 0.4) is 0 Å². The molecule has 0 fully saturated rings. The molecule has 0 bridgehead atoms. The molecule has 114 valence electrons. The lowest BCUT2D eigenvalue weighted by Gasteiger charge is -2.03. The fourth-order valence-corrected chi connectivity index (χ4v) is 2.50. The fraction of sp³-hybridized carbons (Fsp3) is 0.429. The smallest absolute Gasteiger partial charge is 0.155 e. The highest BCUT2D eigenvalue weighted by atomic mass is 35.5.